The molecule has 6 heteroatoms. The summed E-state index contributed by atoms with van der Waals surface area (Å²) >= 11 is 1.64. The van der Waals surface area contributed by atoms with Crippen LogP contribution in [0.5, 0.6) is 0 Å². The minimum Gasteiger partial charge on any atom is -0.414 e. The zero-order valence-electron chi connectivity index (χ0n) is 12.9. The Hall–Kier alpha value is -1.82. The van der Waals surface area contributed by atoms with Gasteiger partial charge in [0.1, 0.15) is 0 Å². The standard InChI is InChI=1S/C17H19N3O2S/c21-16-9-4-10-20(16)11-15-18-19-17(22-15)23-14-8-3-6-12-5-1-2-7-13(12)14/h1-2,5,7,14H,3-4,6,8-11H2/t14-/m1/s1. The largest absolute Gasteiger partial charge is 0.414 e. The maximum atomic E-state index is 11.7. The van der Waals surface area contributed by atoms with Crippen molar-refractivity contribution >= 4 is 17.7 Å². The maximum Gasteiger partial charge on any atom is 0.277 e. The molecule has 5 nitrogen and oxygen atoms in total. The Balaban J connectivity index is 1.45. The van der Waals surface area contributed by atoms with Crippen LogP contribution in [0.3, 0.4) is 0 Å². The van der Waals surface area contributed by atoms with Gasteiger partial charge in [0.15, 0.2) is 0 Å². The second kappa shape index (κ2) is 6.35. The Morgan fingerprint density at radius 3 is 3.00 bits per heavy atom. The summed E-state index contributed by atoms with van der Waals surface area (Å²) in [5, 5.41) is 9.24. The molecular formula is C17H19N3O2S. The third kappa shape index (κ3) is 3.13. The number of thioether (sulfide) groups is 1. The van der Waals surface area contributed by atoms with Crippen LogP contribution in [-0.2, 0) is 17.8 Å². The van der Waals surface area contributed by atoms with Gasteiger partial charge >= 0.3 is 0 Å². The van der Waals surface area contributed by atoms with Crippen LogP contribution in [0.25, 0.3) is 0 Å². The number of rotatable bonds is 4. The molecule has 0 unspecified atom stereocenters. The van der Waals surface area contributed by atoms with E-state index in [1.807, 2.05) is 0 Å². The van der Waals surface area contributed by atoms with Crippen LogP contribution in [0.2, 0.25) is 0 Å². The van der Waals surface area contributed by atoms with E-state index in [4.69, 9.17) is 4.42 Å². The molecule has 4 rings (SSSR count). The molecule has 0 radical (unpaired) electrons. The lowest BCUT2D eigenvalue weighted by molar-refractivity contribution is -0.128. The fourth-order valence-electron chi connectivity index (χ4n) is 3.34. The van der Waals surface area contributed by atoms with Crippen molar-refractivity contribution in [1.29, 1.82) is 0 Å². The third-order valence-electron chi connectivity index (χ3n) is 4.50. The third-order valence-corrected chi connectivity index (χ3v) is 5.64. The molecule has 0 N–H and O–H groups in total. The van der Waals surface area contributed by atoms with Gasteiger partial charge in [-0.2, -0.15) is 0 Å². The molecule has 2 aliphatic rings. The van der Waals surface area contributed by atoms with Gasteiger partial charge in [0, 0.05) is 18.2 Å². The number of aryl methyl sites for hydroxylation is 1. The fraction of sp³-hybridized carbons (Fsp3) is 0.471. The smallest absolute Gasteiger partial charge is 0.277 e. The van der Waals surface area contributed by atoms with Gasteiger partial charge in [-0.1, -0.05) is 36.0 Å². The Labute approximate surface area is 139 Å². The zero-order chi connectivity index (χ0) is 15.6. The molecule has 1 aliphatic heterocycles. The van der Waals surface area contributed by atoms with Gasteiger partial charge < -0.3 is 9.32 Å². The van der Waals surface area contributed by atoms with Crippen LogP contribution in [0.15, 0.2) is 33.9 Å². The van der Waals surface area contributed by atoms with Crippen LogP contribution in [0.1, 0.15) is 48.0 Å². The molecule has 1 fully saturated rings. The molecule has 1 aromatic heterocycles. The Morgan fingerprint density at radius 2 is 2.13 bits per heavy atom. The minimum absolute atomic E-state index is 0.179. The summed E-state index contributed by atoms with van der Waals surface area (Å²) in [6.07, 6.45) is 5.03. The number of nitrogens with zero attached hydrogens (tertiary/aromatic N) is 3. The van der Waals surface area contributed by atoms with Crippen molar-refractivity contribution in [3.63, 3.8) is 0 Å². The Morgan fingerprint density at radius 1 is 1.22 bits per heavy atom. The first-order chi connectivity index (χ1) is 11.3. The average Bonchev–Trinajstić information content (AvgIpc) is 3.18. The predicted octanol–water partition coefficient (Wildman–Crippen LogP) is 3.36. The molecule has 1 atom stereocenters. The minimum atomic E-state index is 0.179. The molecule has 2 aromatic rings. The number of likely N-dealkylation sites (tertiary alicyclic amines) is 1. The van der Waals surface area contributed by atoms with E-state index in [-0.39, 0.29) is 5.91 Å². The first kappa shape index (κ1) is 14.8. The number of fused-ring (bicyclic) bond motifs is 1. The Bertz CT molecular complexity index is 715. The van der Waals surface area contributed by atoms with Crippen molar-refractivity contribution in [3.8, 4) is 0 Å². The summed E-state index contributed by atoms with van der Waals surface area (Å²) in [5.41, 5.74) is 2.82. The quantitative estimate of drug-likeness (QED) is 0.861. The molecule has 1 aromatic carbocycles. The van der Waals surface area contributed by atoms with Gasteiger partial charge in [-0.05, 0) is 36.8 Å². The molecule has 23 heavy (non-hydrogen) atoms. The monoisotopic (exact) mass is 329 g/mol. The average molecular weight is 329 g/mol. The van der Waals surface area contributed by atoms with E-state index in [1.54, 1.807) is 16.7 Å². The van der Waals surface area contributed by atoms with Crippen LogP contribution < -0.4 is 0 Å². The van der Waals surface area contributed by atoms with Gasteiger partial charge in [-0.15, -0.1) is 10.2 Å². The van der Waals surface area contributed by atoms with Gasteiger partial charge in [0.25, 0.3) is 5.22 Å². The van der Waals surface area contributed by atoms with E-state index >= 15 is 0 Å². The lowest BCUT2D eigenvalue weighted by atomic mass is 9.91. The van der Waals surface area contributed by atoms with E-state index < -0.39 is 0 Å². The summed E-state index contributed by atoms with van der Waals surface area (Å²) < 4.78 is 5.76. The zero-order valence-corrected chi connectivity index (χ0v) is 13.7. The molecule has 1 aliphatic carbocycles. The molecule has 0 bridgehead atoms. The van der Waals surface area contributed by atoms with Crippen molar-refractivity contribution < 1.29 is 9.21 Å². The molecule has 1 amide bonds. The second-order valence-electron chi connectivity index (χ2n) is 6.08. The summed E-state index contributed by atoms with van der Waals surface area (Å²) in [7, 11) is 0. The molecular weight excluding hydrogens is 310 g/mol. The van der Waals surface area contributed by atoms with E-state index in [2.05, 4.69) is 34.5 Å². The molecule has 0 spiro atoms. The van der Waals surface area contributed by atoms with Crippen molar-refractivity contribution in [3.05, 3.63) is 41.3 Å². The molecule has 120 valence electrons. The number of aromatic nitrogens is 2. The van der Waals surface area contributed by atoms with Crippen molar-refractivity contribution in [2.45, 2.75) is 49.1 Å². The molecule has 0 saturated carbocycles. The maximum absolute atomic E-state index is 11.7. The summed E-state index contributed by atoms with van der Waals surface area (Å²) in [4.78, 5) is 13.5. The topological polar surface area (TPSA) is 59.2 Å². The normalized spacial score (nSPS) is 20.8. The molecule has 1 saturated heterocycles. The highest BCUT2D eigenvalue weighted by Crippen LogP contribution is 2.42. The highest BCUT2D eigenvalue weighted by molar-refractivity contribution is 7.99. The molecule has 2 heterocycles. The van der Waals surface area contributed by atoms with Crippen LogP contribution in [0.4, 0.5) is 0 Å². The highest BCUT2D eigenvalue weighted by atomic mass is 32.2. The van der Waals surface area contributed by atoms with Gasteiger partial charge in [0.05, 0.1) is 6.54 Å². The fourth-order valence-corrected chi connectivity index (χ4v) is 4.45. The number of amides is 1. The second-order valence-corrected chi connectivity index (χ2v) is 7.23. The van der Waals surface area contributed by atoms with Crippen LogP contribution in [-0.4, -0.2) is 27.5 Å². The SMILES string of the molecule is O=C1CCCN1Cc1nnc(S[C@@H]2CCCc3ccccc32)o1. The predicted molar refractivity (Wildman–Crippen MR) is 86.9 cm³/mol. The van der Waals surface area contributed by atoms with Crippen molar-refractivity contribution in [2.24, 2.45) is 0 Å². The summed E-state index contributed by atoms with van der Waals surface area (Å²) in [6.45, 7) is 1.23. The van der Waals surface area contributed by atoms with Crippen LogP contribution in [0, 0.1) is 0 Å². The first-order valence-corrected chi connectivity index (χ1v) is 9.02. The van der Waals surface area contributed by atoms with Gasteiger partial charge in [-0.3, -0.25) is 4.79 Å². The van der Waals surface area contributed by atoms with Crippen molar-refractivity contribution in [2.75, 3.05) is 6.54 Å². The summed E-state index contributed by atoms with van der Waals surface area (Å²) in [5.74, 6) is 0.713. The first-order valence-electron chi connectivity index (χ1n) is 8.14. The lowest BCUT2D eigenvalue weighted by Gasteiger charge is -2.23. The van der Waals surface area contributed by atoms with Crippen molar-refractivity contribution in [1.82, 2.24) is 15.1 Å². The van der Waals surface area contributed by atoms with E-state index in [0.29, 0.717) is 29.3 Å². The van der Waals surface area contributed by atoms with Gasteiger partial charge in [0.2, 0.25) is 11.8 Å². The summed E-state index contributed by atoms with van der Waals surface area (Å²) in [6, 6.07) is 8.60. The van der Waals surface area contributed by atoms with E-state index in [1.165, 1.54) is 17.5 Å². The van der Waals surface area contributed by atoms with E-state index in [9.17, 15) is 4.79 Å². The number of benzene rings is 1. The Kier molecular flexibility index (Phi) is 4.08. The number of carbonyl (C=O) groups excluding carboxylic acids is 1. The highest BCUT2D eigenvalue weighted by Gasteiger charge is 2.25. The number of carbonyl (C=O) groups is 1. The lowest BCUT2D eigenvalue weighted by Crippen LogP contribution is -2.23. The van der Waals surface area contributed by atoms with Crippen LogP contribution >= 0.6 is 11.8 Å². The number of hydrogen-bond acceptors (Lipinski definition) is 5. The van der Waals surface area contributed by atoms with Gasteiger partial charge in [-0.25, -0.2) is 0 Å². The number of hydrogen-bond donors (Lipinski definition) is 0. The van der Waals surface area contributed by atoms with E-state index in [0.717, 1.165) is 25.8 Å².